The molecule has 1 aliphatic heterocycles. The topological polar surface area (TPSA) is 26.3 Å². The van der Waals surface area contributed by atoms with Gasteiger partial charge in [0.05, 0.1) is 6.10 Å². The van der Waals surface area contributed by atoms with Gasteiger partial charge < -0.3 is 4.74 Å². The number of ketones is 1. The van der Waals surface area contributed by atoms with Crippen LogP contribution in [0, 0.1) is 0 Å². The lowest BCUT2D eigenvalue weighted by molar-refractivity contribution is -0.132. The first-order valence-corrected chi connectivity index (χ1v) is 7.46. The summed E-state index contributed by atoms with van der Waals surface area (Å²) in [7, 11) is 0. The van der Waals surface area contributed by atoms with Crippen molar-refractivity contribution in [3.63, 3.8) is 0 Å². The quantitative estimate of drug-likeness (QED) is 0.621. The molecule has 1 heterocycles. The molecule has 0 unspecified atom stereocenters. The van der Waals surface area contributed by atoms with Crippen molar-refractivity contribution in [2.24, 2.45) is 0 Å². The molecule has 0 aromatic rings. The molecule has 0 N–H and O–H groups in total. The number of Topliss-reactive ketones (excluding diaryl/α,β-unsaturated/α-hetero) is 1. The molecule has 17 heavy (non-hydrogen) atoms. The standard InChI is InChI=1S/C15H28O2/c1-3-5-6-7-10-13-11-8-12-14(16)15(17-13)9-4-2/h13,15H,3-12H2,1-2H3/t13-,15+/m1/s1. The highest BCUT2D eigenvalue weighted by atomic mass is 16.5. The normalized spacial score (nSPS) is 25.9. The zero-order valence-corrected chi connectivity index (χ0v) is 11.5. The van der Waals surface area contributed by atoms with E-state index in [1.807, 2.05) is 0 Å². The highest BCUT2D eigenvalue weighted by molar-refractivity contribution is 5.83. The number of rotatable bonds is 7. The smallest absolute Gasteiger partial charge is 0.161 e. The van der Waals surface area contributed by atoms with E-state index in [9.17, 15) is 4.79 Å². The second-order valence-electron chi connectivity index (χ2n) is 5.24. The molecule has 0 radical (unpaired) electrons. The predicted octanol–water partition coefficient (Wildman–Crippen LogP) is 4.26. The zero-order valence-electron chi connectivity index (χ0n) is 11.5. The van der Waals surface area contributed by atoms with Gasteiger partial charge in [0.1, 0.15) is 6.10 Å². The van der Waals surface area contributed by atoms with E-state index in [-0.39, 0.29) is 6.10 Å². The van der Waals surface area contributed by atoms with Crippen LogP contribution in [0.25, 0.3) is 0 Å². The van der Waals surface area contributed by atoms with Gasteiger partial charge in [-0.3, -0.25) is 4.79 Å². The molecule has 100 valence electrons. The third-order valence-corrected chi connectivity index (χ3v) is 3.60. The van der Waals surface area contributed by atoms with Crippen LogP contribution >= 0.6 is 0 Å². The summed E-state index contributed by atoms with van der Waals surface area (Å²) in [6, 6.07) is 0. The summed E-state index contributed by atoms with van der Waals surface area (Å²) in [5, 5.41) is 0. The van der Waals surface area contributed by atoms with Crippen molar-refractivity contribution >= 4 is 5.78 Å². The minimum atomic E-state index is -0.0984. The molecule has 2 atom stereocenters. The highest BCUT2D eigenvalue weighted by Gasteiger charge is 2.25. The Labute approximate surface area is 106 Å². The number of carbonyl (C=O) groups is 1. The van der Waals surface area contributed by atoms with Crippen molar-refractivity contribution in [3.8, 4) is 0 Å². The van der Waals surface area contributed by atoms with E-state index in [0.29, 0.717) is 11.9 Å². The molecule has 0 aromatic heterocycles. The van der Waals surface area contributed by atoms with Gasteiger partial charge in [-0.25, -0.2) is 0 Å². The molecule has 2 heteroatoms. The maximum Gasteiger partial charge on any atom is 0.161 e. The molecule has 1 fully saturated rings. The number of hydrogen-bond acceptors (Lipinski definition) is 2. The summed E-state index contributed by atoms with van der Waals surface area (Å²) in [6.45, 7) is 4.36. The van der Waals surface area contributed by atoms with Crippen LogP contribution < -0.4 is 0 Å². The zero-order chi connectivity index (χ0) is 12.5. The predicted molar refractivity (Wildman–Crippen MR) is 71.2 cm³/mol. The van der Waals surface area contributed by atoms with Crippen LogP contribution in [-0.4, -0.2) is 18.0 Å². The lowest BCUT2D eigenvalue weighted by Gasteiger charge is -2.20. The van der Waals surface area contributed by atoms with E-state index in [0.717, 1.165) is 38.5 Å². The van der Waals surface area contributed by atoms with Gasteiger partial charge in [-0.1, -0.05) is 46.0 Å². The first-order valence-electron chi connectivity index (χ1n) is 7.46. The molecule has 1 saturated heterocycles. The van der Waals surface area contributed by atoms with Crippen LogP contribution in [0.15, 0.2) is 0 Å². The fourth-order valence-corrected chi connectivity index (χ4v) is 2.54. The Bertz CT molecular complexity index is 213. The first kappa shape index (κ1) is 14.7. The van der Waals surface area contributed by atoms with E-state index in [1.165, 1.54) is 25.7 Å². The van der Waals surface area contributed by atoms with Crippen LogP contribution in [0.1, 0.15) is 78.1 Å². The molecule has 0 saturated carbocycles. The Morgan fingerprint density at radius 3 is 2.65 bits per heavy atom. The Balaban J connectivity index is 2.31. The number of ether oxygens (including phenoxy) is 1. The van der Waals surface area contributed by atoms with E-state index < -0.39 is 0 Å². The lowest BCUT2D eigenvalue weighted by Crippen LogP contribution is -2.26. The minimum absolute atomic E-state index is 0.0984. The summed E-state index contributed by atoms with van der Waals surface area (Å²) in [6.07, 6.45) is 11.3. The van der Waals surface area contributed by atoms with Gasteiger partial charge >= 0.3 is 0 Å². The summed E-state index contributed by atoms with van der Waals surface area (Å²) >= 11 is 0. The third kappa shape index (κ3) is 5.67. The molecular formula is C15H28O2. The second-order valence-corrected chi connectivity index (χ2v) is 5.24. The van der Waals surface area contributed by atoms with Crippen molar-refractivity contribution in [1.29, 1.82) is 0 Å². The van der Waals surface area contributed by atoms with E-state index >= 15 is 0 Å². The number of unbranched alkanes of at least 4 members (excludes halogenated alkanes) is 3. The number of hydrogen-bond donors (Lipinski definition) is 0. The van der Waals surface area contributed by atoms with Crippen molar-refractivity contribution in [1.82, 2.24) is 0 Å². The molecule has 0 bridgehead atoms. The fourth-order valence-electron chi connectivity index (χ4n) is 2.54. The lowest BCUT2D eigenvalue weighted by atomic mass is 10.0. The summed E-state index contributed by atoms with van der Waals surface area (Å²) in [5.41, 5.74) is 0. The SMILES string of the molecule is CCCCCC[C@@H]1CCCC(=O)[C@H](CCC)O1. The Kier molecular flexibility index (Phi) is 7.50. The van der Waals surface area contributed by atoms with Crippen molar-refractivity contribution in [2.45, 2.75) is 90.3 Å². The molecule has 0 amide bonds. The van der Waals surface area contributed by atoms with Crippen LogP contribution in [-0.2, 0) is 9.53 Å². The van der Waals surface area contributed by atoms with Crippen LogP contribution in [0.3, 0.4) is 0 Å². The molecule has 1 rings (SSSR count). The Morgan fingerprint density at radius 1 is 1.12 bits per heavy atom. The van der Waals surface area contributed by atoms with Gasteiger partial charge in [0.15, 0.2) is 5.78 Å². The van der Waals surface area contributed by atoms with Crippen LogP contribution in [0.2, 0.25) is 0 Å². The number of carbonyl (C=O) groups excluding carboxylic acids is 1. The van der Waals surface area contributed by atoms with Crippen molar-refractivity contribution in [3.05, 3.63) is 0 Å². The van der Waals surface area contributed by atoms with Gasteiger partial charge in [-0.05, 0) is 25.7 Å². The van der Waals surface area contributed by atoms with Crippen LogP contribution in [0.5, 0.6) is 0 Å². The maximum absolute atomic E-state index is 11.8. The van der Waals surface area contributed by atoms with E-state index in [1.54, 1.807) is 0 Å². The van der Waals surface area contributed by atoms with Crippen LogP contribution in [0.4, 0.5) is 0 Å². The van der Waals surface area contributed by atoms with E-state index in [4.69, 9.17) is 4.74 Å². The second kappa shape index (κ2) is 8.68. The van der Waals surface area contributed by atoms with Crippen molar-refractivity contribution < 1.29 is 9.53 Å². The van der Waals surface area contributed by atoms with Gasteiger partial charge in [-0.15, -0.1) is 0 Å². The minimum Gasteiger partial charge on any atom is -0.367 e. The Morgan fingerprint density at radius 2 is 1.94 bits per heavy atom. The average molecular weight is 240 g/mol. The first-order chi connectivity index (χ1) is 8.27. The fraction of sp³-hybridized carbons (Fsp3) is 0.933. The highest BCUT2D eigenvalue weighted by Crippen LogP contribution is 2.22. The largest absolute Gasteiger partial charge is 0.367 e. The molecule has 1 aliphatic rings. The molecule has 0 aliphatic carbocycles. The Hall–Kier alpha value is -0.370. The van der Waals surface area contributed by atoms with Crippen molar-refractivity contribution in [2.75, 3.05) is 0 Å². The van der Waals surface area contributed by atoms with Gasteiger partial charge in [0, 0.05) is 6.42 Å². The third-order valence-electron chi connectivity index (χ3n) is 3.60. The average Bonchev–Trinajstić information content (AvgIpc) is 2.49. The van der Waals surface area contributed by atoms with E-state index in [2.05, 4.69) is 13.8 Å². The molecular weight excluding hydrogens is 212 g/mol. The molecule has 2 nitrogen and oxygen atoms in total. The summed E-state index contributed by atoms with van der Waals surface area (Å²) in [4.78, 5) is 11.8. The maximum atomic E-state index is 11.8. The van der Waals surface area contributed by atoms with Gasteiger partial charge in [0.25, 0.3) is 0 Å². The summed E-state index contributed by atoms with van der Waals surface area (Å²) in [5.74, 6) is 0.336. The molecule has 0 spiro atoms. The summed E-state index contributed by atoms with van der Waals surface area (Å²) < 4.78 is 5.99. The molecule has 0 aromatic carbocycles. The monoisotopic (exact) mass is 240 g/mol. The van der Waals surface area contributed by atoms with Gasteiger partial charge in [-0.2, -0.15) is 0 Å². The van der Waals surface area contributed by atoms with Gasteiger partial charge in [0.2, 0.25) is 0 Å².